The van der Waals surface area contributed by atoms with E-state index in [9.17, 15) is 22.4 Å². The van der Waals surface area contributed by atoms with Crippen LogP contribution in [0.25, 0.3) is 0 Å². The maximum absolute atomic E-state index is 14.0. The number of halogens is 1. The Morgan fingerprint density at radius 3 is 2.12 bits per heavy atom. The van der Waals surface area contributed by atoms with Crippen molar-refractivity contribution in [2.45, 2.75) is 49.8 Å². The van der Waals surface area contributed by atoms with Gasteiger partial charge >= 0.3 is 0 Å². The number of benzene rings is 1. The van der Waals surface area contributed by atoms with E-state index in [0.717, 1.165) is 25.3 Å². The quantitative estimate of drug-likeness (QED) is 0.682. The summed E-state index contributed by atoms with van der Waals surface area (Å²) in [6.07, 6.45) is 7.04. The zero-order valence-electron chi connectivity index (χ0n) is 18.8. The maximum atomic E-state index is 14.0. The van der Waals surface area contributed by atoms with Gasteiger partial charge in [-0.3, -0.25) is 9.59 Å². The molecule has 33 heavy (non-hydrogen) atoms. The van der Waals surface area contributed by atoms with Crippen LogP contribution in [0.5, 0.6) is 0 Å². The lowest BCUT2D eigenvalue weighted by Crippen LogP contribution is -2.54. The Bertz CT molecular complexity index is 1000. The molecule has 5 aliphatic rings. The van der Waals surface area contributed by atoms with Gasteiger partial charge in [-0.1, -0.05) is 12.1 Å². The van der Waals surface area contributed by atoms with Crippen LogP contribution in [0.1, 0.15) is 44.9 Å². The SMILES string of the molecule is O=C(CCNC(=O)C12CC3CC(CC(C3)C1)C2)N1CCN(S(=O)(=O)c2ccccc2F)CC1. The second kappa shape index (κ2) is 8.65. The fraction of sp³-hybridized carbons (Fsp3) is 0.667. The molecule has 1 aromatic carbocycles. The van der Waals surface area contributed by atoms with E-state index in [2.05, 4.69) is 5.32 Å². The summed E-state index contributed by atoms with van der Waals surface area (Å²) in [5, 5.41) is 3.04. The number of amides is 2. The molecule has 2 amide bonds. The number of carbonyl (C=O) groups excluding carboxylic acids is 2. The first-order chi connectivity index (χ1) is 15.8. The molecule has 180 valence electrons. The van der Waals surface area contributed by atoms with Crippen molar-refractivity contribution >= 4 is 21.8 Å². The number of nitrogens with one attached hydrogen (secondary N) is 1. The third-order valence-electron chi connectivity index (χ3n) is 8.19. The second-order valence-electron chi connectivity index (χ2n) is 10.4. The van der Waals surface area contributed by atoms with Crippen molar-refractivity contribution in [3.8, 4) is 0 Å². The molecule has 6 rings (SSSR count). The normalized spacial score (nSPS) is 31.5. The van der Waals surface area contributed by atoms with Crippen molar-refractivity contribution in [2.75, 3.05) is 32.7 Å². The van der Waals surface area contributed by atoms with Crippen LogP contribution in [0.4, 0.5) is 4.39 Å². The summed E-state index contributed by atoms with van der Waals surface area (Å²) in [5.41, 5.74) is -0.218. The van der Waals surface area contributed by atoms with E-state index < -0.39 is 15.8 Å². The molecule has 0 spiro atoms. The van der Waals surface area contributed by atoms with Crippen LogP contribution in [0.15, 0.2) is 29.2 Å². The molecule has 1 N–H and O–H groups in total. The zero-order valence-corrected chi connectivity index (χ0v) is 19.7. The van der Waals surface area contributed by atoms with Crippen molar-refractivity contribution in [1.29, 1.82) is 0 Å². The largest absolute Gasteiger partial charge is 0.355 e. The van der Waals surface area contributed by atoms with Gasteiger partial charge in [-0.15, -0.1) is 0 Å². The summed E-state index contributed by atoms with van der Waals surface area (Å²) in [6.45, 7) is 1.09. The molecule has 5 fully saturated rings. The molecule has 9 heteroatoms. The molecule has 4 aliphatic carbocycles. The first-order valence-electron chi connectivity index (χ1n) is 12.1. The molecule has 1 saturated heterocycles. The monoisotopic (exact) mass is 477 g/mol. The Labute approximate surface area is 194 Å². The van der Waals surface area contributed by atoms with Crippen molar-refractivity contribution < 1.29 is 22.4 Å². The van der Waals surface area contributed by atoms with Crippen molar-refractivity contribution in [3.05, 3.63) is 30.1 Å². The summed E-state index contributed by atoms with van der Waals surface area (Å²) >= 11 is 0. The Morgan fingerprint density at radius 1 is 0.970 bits per heavy atom. The Hall–Kier alpha value is -2.00. The topological polar surface area (TPSA) is 86.8 Å². The summed E-state index contributed by atoms with van der Waals surface area (Å²) in [5.74, 6) is 1.34. The third kappa shape index (κ3) is 4.30. The molecule has 1 aromatic rings. The van der Waals surface area contributed by atoms with Gasteiger partial charge < -0.3 is 10.2 Å². The van der Waals surface area contributed by atoms with Crippen LogP contribution in [-0.4, -0.2) is 62.2 Å². The Balaban J connectivity index is 1.10. The van der Waals surface area contributed by atoms with Gasteiger partial charge in [0.1, 0.15) is 10.7 Å². The van der Waals surface area contributed by atoms with Gasteiger partial charge in [0.2, 0.25) is 21.8 Å². The van der Waals surface area contributed by atoms with E-state index in [1.165, 1.54) is 41.8 Å². The van der Waals surface area contributed by atoms with E-state index in [0.29, 0.717) is 24.3 Å². The van der Waals surface area contributed by atoms with Gasteiger partial charge in [-0.25, -0.2) is 12.8 Å². The molecule has 1 heterocycles. The highest BCUT2D eigenvalue weighted by Gasteiger charge is 2.54. The molecular weight excluding hydrogens is 445 g/mol. The maximum Gasteiger partial charge on any atom is 0.246 e. The van der Waals surface area contributed by atoms with Crippen molar-refractivity contribution in [2.24, 2.45) is 23.2 Å². The summed E-state index contributed by atoms with van der Waals surface area (Å²) in [4.78, 5) is 27.0. The average Bonchev–Trinajstić information content (AvgIpc) is 2.78. The lowest BCUT2D eigenvalue weighted by Gasteiger charge is -2.55. The van der Waals surface area contributed by atoms with Crippen LogP contribution in [-0.2, 0) is 19.6 Å². The first kappa shape index (κ1) is 22.8. The number of sulfonamides is 1. The number of carbonyl (C=O) groups is 2. The molecule has 0 atom stereocenters. The van der Waals surface area contributed by atoms with Gasteiger partial charge in [0.05, 0.1) is 0 Å². The predicted octanol–water partition coefficient (Wildman–Crippen LogP) is 2.38. The fourth-order valence-corrected chi connectivity index (χ4v) is 8.48. The van der Waals surface area contributed by atoms with Crippen LogP contribution in [0, 0.1) is 29.0 Å². The van der Waals surface area contributed by atoms with E-state index >= 15 is 0 Å². The van der Waals surface area contributed by atoms with Gasteiger partial charge in [0, 0.05) is 44.6 Å². The van der Waals surface area contributed by atoms with E-state index in [-0.39, 0.29) is 54.7 Å². The van der Waals surface area contributed by atoms with Crippen LogP contribution >= 0.6 is 0 Å². The number of piperazine rings is 1. The van der Waals surface area contributed by atoms with E-state index in [1.54, 1.807) is 4.90 Å². The highest BCUT2D eigenvalue weighted by molar-refractivity contribution is 7.89. The van der Waals surface area contributed by atoms with Gasteiger partial charge in [-0.05, 0) is 68.4 Å². The van der Waals surface area contributed by atoms with Crippen LogP contribution in [0.2, 0.25) is 0 Å². The number of hydrogen-bond acceptors (Lipinski definition) is 4. The smallest absolute Gasteiger partial charge is 0.246 e. The summed E-state index contributed by atoms with van der Waals surface area (Å²) < 4.78 is 40.7. The standard InChI is InChI=1S/C24H32FN3O4S/c25-20-3-1-2-4-21(20)33(31,32)28-9-7-27(8-10-28)22(29)5-6-26-23(30)24-14-17-11-18(15-24)13-19(12-17)16-24/h1-4,17-19H,5-16H2,(H,26,30). The highest BCUT2D eigenvalue weighted by atomic mass is 32.2. The molecule has 4 saturated carbocycles. The van der Waals surface area contributed by atoms with Gasteiger partial charge in [0.15, 0.2) is 0 Å². The summed E-state index contributed by atoms with van der Waals surface area (Å²) in [7, 11) is -3.93. The number of hydrogen-bond donors (Lipinski definition) is 1. The van der Waals surface area contributed by atoms with Crippen molar-refractivity contribution in [3.63, 3.8) is 0 Å². The zero-order chi connectivity index (χ0) is 23.2. The molecule has 7 nitrogen and oxygen atoms in total. The molecule has 4 bridgehead atoms. The predicted molar refractivity (Wildman–Crippen MR) is 120 cm³/mol. The van der Waals surface area contributed by atoms with Crippen molar-refractivity contribution in [1.82, 2.24) is 14.5 Å². The lowest BCUT2D eigenvalue weighted by atomic mass is 9.49. The number of nitrogens with zero attached hydrogens (tertiary/aromatic N) is 2. The first-order valence-corrected chi connectivity index (χ1v) is 13.5. The highest BCUT2D eigenvalue weighted by Crippen LogP contribution is 2.60. The summed E-state index contributed by atoms with van der Waals surface area (Å²) in [6, 6.07) is 5.33. The molecule has 1 aliphatic heterocycles. The molecule has 0 radical (unpaired) electrons. The minimum absolute atomic E-state index is 0.0937. The minimum Gasteiger partial charge on any atom is -0.355 e. The average molecular weight is 478 g/mol. The Morgan fingerprint density at radius 2 is 1.55 bits per heavy atom. The van der Waals surface area contributed by atoms with Crippen LogP contribution < -0.4 is 5.32 Å². The minimum atomic E-state index is -3.93. The Kier molecular flexibility index (Phi) is 5.97. The third-order valence-corrected chi connectivity index (χ3v) is 10.1. The molecule has 0 unspecified atom stereocenters. The molecule has 0 aromatic heterocycles. The van der Waals surface area contributed by atoms with E-state index in [4.69, 9.17) is 0 Å². The van der Waals surface area contributed by atoms with Gasteiger partial charge in [-0.2, -0.15) is 4.31 Å². The fourth-order valence-electron chi connectivity index (χ4n) is 6.99. The van der Waals surface area contributed by atoms with E-state index in [1.807, 2.05) is 0 Å². The number of rotatable bonds is 6. The second-order valence-corrected chi connectivity index (χ2v) is 12.3. The lowest BCUT2D eigenvalue weighted by molar-refractivity contribution is -0.146. The van der Waals surface area contributed by atoms with Gasteiger partial charge in [0.25, 0.3) is 0 Å². The van der Waals surface area contributed by atoms with Crippen LogP contribution in [0.3, 0.4) is 0 Å². The molecular formula is C24H32FN3O4S.